The number of hydrogen-bond donors (Lipinski definition) is 0. The summed E-state index contributed by atoms with van der Waals surface area (Å²) in [7, 11) is 0. The summed E-state index contributed by atoms with van der Waals surface area (Å²) in [5.74, 6) is 1.51. The first-order chi connectivity index (χ1) is 7.00. The molecule has 15 heavy (non-hydrogen) atoms. The highest BCUT2D eigenvalue weighted by Gasteiger charge is 2.39. The minimum atomic E-state index is -0.324. The van der Waals surface area contributed by atoms with Crippen molar-refractivity contribution >= 4 is 11.8 Å². The Bertz CT molecular complexity index is 291. The second-order valence-corrected chi connectivity index (χ2v) is 4.81. The molecule has 0 unspecified atom stereocenters. The first-order valence-corrected chi connectivity index (χ1v) is 5.42. The second-order valence-electron chi connectivity index (χ2n) is 4.81. The fourth-order valence-electron chi connectivity index (χ4n) is 1.72. The molecule has 0 aliphatic carbocycles. The van der Waals surface area contributed by atoms with Gasteiger partial charge in [0.1, 0.15) is 18.6 Å². The highest BCUT2D eigenvalue weighted by Crippen LogP contribution is 2.28. The largest absolute Gasteiger partial charge is 0.478 e. The van der Waals surface area contributed by atoms with Crippen LogP contribution in [0, 0.1) is 5.41 Å². The van der Waals surface area contributed by atoms with E-state index in [1.165, 1.54) is 0 Å². The van der Waals surface area contributed by atoms with E-state index < -0.39 is 0 Å². The van der Waals surface area contributed by atoms with E-state index in [9.17, 15) is 0 Å². The molecule has 0 saturated carbocycles. The molecule has 2 heterocycles. The van der Waals surface area contributed by atoms with Crippen molar-refractivity contribution in [2.45, 2.75) is 39.8 Å². The number of hydrogen-bond acceptors (Lipinski definition) is 4. The summed E-state index contributed by atoms with van der Waals surface area (Å²) in [5.41, 5.74) is -0.324. The maximum Gasteiger partial charge on any atom is 0.199 e. The molecule has 4 nitrogen and oxygen atoms in total. The predicted molar refractivity (Wildman–Crippen MR) is 59.5 cm³/mol. The molecule has 0 fully saturated rings. The molecule has 0 radical (unpaired) electrons. The zero-order chi connectivity index (χ0) is 11.1. The third kappa shape index (κ3) is 1.85. The van der Waals surface area contributed by atoms with Crippen molar-refractivity contribution in [3.05, 3.63) is 0 Å². The Morgan fingerprint density at radius 3 is 1.67 bits per heavy atom. The number of rotatable bonds is 2. The van der Waals surface area contributed by atoms with Gasteiger partial charge in [-0.15, -0.1) is 0 Å². The molecule has 0 spiro atoms. The molecule has 0 aromatic carbocycles. The normalized spacial score (nSPS) is 30.7. The van der Waals surface area contributed by atoms with Gasteiger partial charge in [0.2, 0.25) is 0 Å². The van der Waals surface area contributed by atoms with Crippen molar-refractivity contribution in [2.24, 2.45) is 15.4 Å². The molecule has 2 aliphatic heterocycles. The summed E-state index contributed by atoms with van der Waals surface area (Å²) >= 11 is 0. The maximum atomic E-state index is 5.57. The lowest BCUT2D eigenvalue weighted by Crippen LogP contribution is -2.34. The van der Waals surface area contributed by atoms with Crippen molar-refractivity contribution in [3.8, 4) is 0 Å². The van der Waals surface area contributed by atoms with Crippen molar-refractivity contribution in [2.75, 3.05) is 13.2 Å². The summed E-state index contributed by atoms with van der Waals surface area (Å²) in [6.07, 6.45) is 0. The number of nitrogens with zero attached hydrogens (tertiary/aromatic N) is 2. The molecule has 2 rings (SSSR count). The van der Waals surface area contributed by atoms with Crippen LogP contribution in [-0.4, -0.2) is 37.1 Å². The maximum absolute atomic E-state index is 5.57. The smallest absolute Gasteiger partial charge is 0.199 e. The third-order valence-corrected chi connectivity index (χ3v) is 2.67. The van der Waals surface area contributed by atoms with Crippen molar-refractivity contribution in [3.63, 3.8) is 0 Å². The Labute approximate surface area is 90.4 Å². The molecule has 4 heteroatoms. The minimum absolute atomic E-state index is 0.249. The minimum Gasteiger partial charge on any atom is -0.478 e. The topological polar surface area (TPSA) is 43.2 Å². The highest BCUT2D eigenvalue weighted by atomic mass is 16.5. The van der Waals surface area contributed by atoms with Crippen molar-refractivity contribution in [1.82, 2.24) is 0 Å². The van der Waals surface area contributed by atoms with Gasteiger partial charge in [0.15, 0.2) is 11.8 Å². The Morgan fingerprint density at radius 2 is 1.40 bits per heavy atom. The van der Waals surface area contributed by atoms with E-state index in [1.54, 1.807) is 0 Å². The van der Waals surface area contributed by atoms with Crippen LogP contribution < -0.4 is 0 Å². The van der Waals surface area contributed by atoms with Gasteiger partial charge in [0.25, 0.3) is 0 Å². The van der Waals surface area contributed by atoms with Crippen LogP contribution in [0.1, 0.15) is 27.7 Å². The Morgan fingerprint density at radius 1 is 1.00 bits per heavy atom. The Kier molecular flexibility index (Phi) is 2.44. The van der Waals surface area contributed by atoms with Crippen LogP contribution in [0.25, 0.3) is 0 Å². The quantitative estimate of drug-likeness (QED) is 0.695. The van der Waals surface area contributed by atoms with E-state index in [-0.39, 0.29) is 17.5 Å². The van der Waals surface area contributed by atoms with Gasteiger partial charge in [0.05, 0.1) is 12.1 Å². The monoisotopic (exact) mass is 210 g/mol. The van der Waals surface area contributed by atoms with E-state index in [1.807, 2.05) is 27.7 Å². The van der Waals surface area contributed by atoms with Crippen LogP contribution in [0.4, 0.5) is 0 Å². The van der Waals surface area contributed by atoms with Gasteiger partial charge in [-0.1, -0.05) is 0 Å². The first kappa shape index (κ1) is 10.5. The summed E-state index contributed by atoms with van der Waals surface area (Å²) in [6.45, 7) is 9.51. The fraction of sp³-hybridized carbons (Fsp3) is 0.818. The second kappa shape index (κ2) is 3.51. The van der Waals surface area contributed by atoms with Gasteiger partial charge in [-0.2, -0.15) is 0 Å². The molecule has 2 aliphatic rings. The van der Waals surface area contributed by atoms with Gasteiger partial charge in [-0.05, 0) is 27.7 Å². The Hall–Kier alpha value is -1.06. The molecule has 84 valence electrons. The lowest BCUT2D eigenvalue weighted by molar-refractivity contribution is 0.267. The van der Waals surface area contributed by atoms with Crippen molar-refractivity contribution < 1.29 is 9.47 Å². The molecule has 0 amide bonds. The molecule has 0 saturated heterocycles. The summed E-state index contributed by atoms with van der Waals surface area (Å²) < 4.78 is 11.1. The van der Waals surface area contributed by atoms with Gasteiger partial charge in [-0.25, -0.2) is 9.98 Å². The van der Waals surface area contributed by atoms with E-state index in [2.05, 4.69) is 9.98 Å². The van der Waals surface area contributed by atoms with E-state index >= 15 is 0 Å². The standard InChI is InChI=1S/C11H18N2O2/c1-7-5-14-9(12-7)11(3,4)10-13-8(2)6-15-10/h7-8H,5-6H2,1-4H3/t7-,8-/m0/s1. The first-order valence-electron chi connectivity index (χ1n) is 5.42. The van der Waals surface area contributed by atoms with Crippen LogP contribution in [0.3, 0.4) is 0 Å². The third-order valence-electron chi connectivity index (χ3n) is 2.67. The molecule has 0 bridgehead atoms. The molecular weight excluding hydrogens is 192 g/mol. The number of ether oxygens (including phenoxy) is 2. The van der Waals surface area contributed by atoms with E-state index in [0.29, 0.717) is 13.2 Å². The lowest BCUT2D eigenvalue weighted by Gasteiger charge is -2.22. The molecule has 2 atom stereocenters. The Balaban J connectivity index is 2.20. The van der Waals surface area contributed by atoms with Crippen molar-refractivity contribution in [1.29, 1.82) is 0 Å². The van der Waals surface area contributed by atoms with Gasteiger partial charge in [0, 0.05) is 0 Å². The fourth-order valence-corrected chi connectivity index (χ4v) is 1.72. The van der Waals surface area contributed by atoms with Crippen LogP contribution in [0.2, 0.25) is 0 Å². The molecule has 0 aromatic heterocycles. The lowest BCUT2D eigenvalue weighted by atomic mass is 9.93. The average molecular weight is 210 g/mol. The van der Waals surface area contributed by atoms with E-state index in [4.69, 9.17) is 9.47 Å². The highest BCUT2D eigenvalue weighted by molar-refractivity contribution is 6.05. The molecular formula is C11H18N2O2. The van der Waals surface area contributed by atoms with Gasteiger partial charge >= 0.3 is 0 Å². The van der Waals surface area contributed by atoms with Crippen LogP contribution in [0.15, 0.2) is 9.98 Å². The molecule has 0 N–H and O–H groups in total. The number of aliphatic imine (C=N–C) groups is 2. The van der Waals surface area contributed by atoms with Gasteiger partial charge < -0.3 is 9.47 Å². The van der Waals surface area contributed by atoms with Crippen LogP contribution in [0.5, 0.6) is 0 Å². The molecule has 0 aromatic rings. The zero-order valence-corrected chi connectivity index (χ0v) is 9.78. The van der Waals surface area contributed by atoms with Crippen LogP contribution >= 0.6 is 0 Å². The zero-order valence-electron chi connectivity index (χ0n) is 9.78. The van der Waals surface area contributed by atoms with Gasteiger partial charge in [-0.3, -0.25) is 0 Å². The summed E-state index contributed by atoms with van der Waals surface area (Å²) in [4.78, 5) is 8.93. The summed E-state index contributed by atoms with van der Waals surface area (Å²) in [6, 6.07) is 0.498. The predicted octanol–water partition coefficient (Wildman–Crippen LogP) is 1.65. The average Bonchev–Trinajstić information content (AvgIpc) is 2.74. The van der Waals surface area contributed by atoms with Crippen LogP contribution in [-0.2, 0) is 9.47 Å². The summed E-state index contributed by atoms with van der Waals surface area (Å²) in [5, 5.41) is 0. The SMILES string of the molecule is C[C@H]1COC(C(C)(C)C2=N[C@@H](C)CO2)=N1. The van der Waals surface area contributed by atoms with E-state index in [0.717, 1.165) is 11.8 Å².